The van der Waals surface area contributed by atoms with Crippen molar-refractivity contribution in [2.75, 3.05) is 26.2 Å². The SMILES string of the molecule is O=C(COc1cccc(Cl)c1)N1CCCC2(CCCN2Cc2cccc(F)c2)CC1.O=C(O)C(F)(F)F. The van der Waals surface area contributed by atoms with Crippen LogP contribution < -0.4 is 4.74 Å². The quantitative estimate of drug-likeness (QED) is 0.501. The van der Waals surface area contributed by atoms with Gasteiger partial charge in [0.1, 0.15) is 11.6 Å². The first-order valence-corrected chi connectivity index (χ1v) is 12.3. The van der Waals surface area contributed by atoms with Crippen LogP contribution in [0.3, 0.4) is 0 Å². The molecule has 2 heterocycles. The van der Waals surface area contributed by atoms with E-state index in [0.29, 0.717) is 10.8 Å². The van der Waals surface area contributed by atoms with Gasteiger partial charge in [-0.1, -0.05) is 29.8 Å². The van der Waals surface area contributed by atoms with Crippen LogP contribution in [0.1, 0.15) is 37.7 Å². The van der Waals surface area contributed by atoms with Gasteiger partial charge in [0.15, 0.2) is 6.61 Å². The lowest BCUT2D eigenvalue weighted by Gasteiger charge is -2.38. The molecule has 0 saturated carbocycles. The predicted octanol–water partition coefficient (Wildman–Crippen LogP) is 5.54. The van der Waals surface area contributed by atoms with E-state index in [0.717, 1.165) is 63.8 Å². The predicted molar refractivity (Wildman–Crippen MR) is 130 cm³/mol. The van der Waals surface area contributed by atoms with Gasteiger partial charge in [-0.15, -0.1) is 0 Å². The highest BCUT2D eigenvalue weighted by atomic mass is 35.5. The second-order valence-electron chi connectivity index (χ2n) is 9.16. The molecule has 6 nitrogen and oxygen atoms in total. The maximum Gasteiger partial charge on any atom is 0.490 e. The highest BCUT2D eigenvalue weighted by molar-refractivity contribution is 6.30. The third kappa shape index (κ3) is 8.33. The molecule has 37 heavy (non-hydrogen) atoms. The van der Waals surface area contributed by atoms with E-state index in [1.54, 1.807) is 30.3 Å². The number of aliphatic carboxylic acids is 1. The number of benzene rings is 2. The van der Waals surface area contributed by atoms with E-state index in [2.05, 4.69) is 4.90 Å². The highest BCUT2D eigenvalue weighted by Crippen LogP contribution is 2.39. The van der Waals surface area contributed by atoms with Crippen molar-refractivity contribution in [3.05, 3.63) is 64.9 Å². The second-order valence-corrected chi connectivity index (χ2v) is 9.60. The summed E-state index contributed by atoms with van der Waals surface area (Å²) in [7, 11) is 0. The molecule has 2 saturated heterocycles. The van der Waals surface area contributed by atoms with Crippen molar-refractivity contribution >= 4 is 23.5 Å². The number of carboxylic acids is 1. The van der Waals surface area contributed by atoms with Crippen molar-refractivity contribution in [1.29, 1.82) is 0 Å². The first-order valence-electron chi connectivity index (χ1n) is 11.9. The maximum atomic E-state index is 13.6. The first-order chi connectivity index (χ1) is 17.5. The molecule has 2 aliphatic heterocycles. The lowest BCUT2D eigenvalue weighted by molar-refractivity contribution is -0.192. The van der Waals surface area contributed by atoms with Crippen molar-refractivity contribution in [3.63, 3.8) is 0 Å². The second kappa shape index (κ2) is 12.6. The Morgan fingerprint density at radius 3 is 2.32 bits per heavy atom. The molecule has 0 aliphatic carbocycles. The van der Waals surface area contributed by atoms with Crippen LogP contribution in [-0.2, 0) is 16.1 Å². The Labute approximate surface area is 217 Å². The molecule has 1 atom stereocenters. The number of nitrogens with zero attached hydrogens (tertiary/aromatic N) is 2. The van der Waals surface area contributed by atoms with Crippen LogP contribution in [0.5, 0.6) is 5.75 Å². The van der Waals surface area contributed by atoms with Gasteiger partial charge in [-0.3, -0.25) is 9.69 Å². The fourth-order valence-electron chi connectivity index (χ4n) is 4.88. The largest absolute Gasteiger partial charge is 0.490 e. The average Bonchev–Trinajstić information content (AvgIpc) is 3.07. The number of hydrogen-bond acceptors (Lipinski definition) is 4. The van der Waals surface area contributed by atoms with Gasteiger partial charge in [0.25, 0.3) is 5.91 Å². The highest BCUT2D eigenvalue weighted by Gasteiger charge is 2.42. The van der Waals surface area contributed by atoms with Crippen molar-refractivity contribution in [1.82, 2.24) is 9.80 Å². The van der Waals surface area contributed by atoms with Crippen LogP contribution in [0.2, 0.25) is 5.02 Å². The molecule has 202 valence electrons. The van der Waals surface area contributed by atoms with E-state index in [1.807, 2.05) is 17.0 Å². The number of carboxylic acid groups (broad SMARTS) is 1. The average molecular weight is 545 g/mol. The van der Waals surface area contributed by atoms with Crippen molar-refractivity contribution in [3.8, 4) is 5.75 Å². The minimum atomic E-state index is -5.08. The zero-order valence-electron chi connectivity index (χ0n) is 20.1. The number of rotatable bonds is 5. The molecule has 0 bridgehead atoms. The Kier molecular flexibility index (Phi) is 9.78. The lowest BCUT2D eigenvalue weighted by Crippen LogP contribution is -2.44. The third-order valence-electron chi connectivity index (χ3n) is 6.67. The Hall–Kier alpha value is -2.85. The number of carbonyl (C=O) groups excluding carboxylic acids is 1. The summed E-state index contributed by atoms with van der Waals surface area (Å²) in [5, 5.41) is 7.72. The summed E-state index contributed by atoms with van der Waals surface area (Å²) < 4.78 is 51.0. The van der Waals surface area contributed by atoms with Gasteiger partial charge in [0.2, 0.25) is 0 Å². The topological polar surface area (TPSA) is 70.1 Å². The Morgan fingerprint density at radius 1 is 1.00 bits per heavy atom. The lowest BCUT2D eigenvalue weighted by atomic mass is 9.87. The minimum Gasteiger partial charge on any atom is -0.484 e. The normalized spacial score (nSPS) is 20.2. The zero-order chi connectivity index (χ0) is 27.1. The standard InChI is InChI=1S/C24H28ClFN2O2.C2HF3O2/c25-20-6-2-8-22(16-20)30-18-23(29)27-12-3-9-24(11-14-27)10-4-13-28(24)17-19-5-1-7-21(26)15-19;3-2(4,5)1(6)7/h1-2,5-8,15-16H,3-4,9-14,17-18H2;(H,6,7). The summed E-state index contributed by atoms with van der Waals surface area (Å²) in [6, 6.07) is 14.0. The smallest absolute Gasteiger partial charge is 0.484 e. The molecule has 1 amide bonds. The summed E-state index contributed by atoms with van der Waals surface area (Å²) in [6.45, 7) is 3.32. The number of halogens is 5. The van der Waals surface area contributed by atoms with Gasteiger partial charge in [-0.2, -0.15) is 13.2 Å². The van der Waals surface area contributed by atoms with Crippen LogP contribution in [0.25, 0.3) is 0 Å². The fraction of sp³-hybridized carbons (Fsp3) is 0.462. The van der Waals surface area contributed by atoms with Crippen LogP contribution in [0, 0.1) is 5.82 Å². The van der Waals surface area contributed by atoms with E-state index in [-0.39, 0.29) is 23.9 Å². The van der Waals surface area contributed by atoms with E-state index in [9.17, 15) is 22.4 Å². The van der Waals surface area contributed by atoms with Crippen LogP contribution in [0.15, 0.2) is 48.5 Å². The summed E-state index contributed by atoms with van der Waals surface area (Å²) >= 11 is 5.98. The minimum absolute atomic E-state index is 0.0155. The molecule has 2 aromatic rings. The van der Waals surface area contributed by atoms with Crippen LogP contribution in [0.4, 0.5) is 17.6 Å². The number of ether oxygens (including phenoxy) is 1. The monoisotopic (exact) mass is 544 g/mol. The maximum absolute atomic E-state index is 13.6. The summed E-state index contributed by atoms with van der Waals surface area (Å²) in [5.41, 5.74) is 1.12. The van der Waals surface area contributed by atoms with Gasteiger partial charge in [0, 0.05) is 30.2 Å². The van der Waals surface area contributed by atoms with Gasteiger partial charge < -0.3 is 14.7 Å². The molecule has 2 fully saturated rings. The Bertz CT molecular complexity index is 1080. The zero-order valence-corrected chi connectivity index (χ0v) is 20.9. The summed E-state index contributed by atoms with van der Waals surface area (Å²) in [4.78, 5) is 26.1. The fourth-order valence-corrected chi connectivity index (χ4v) is 5.06. The number of hydrogen-bond donors (Lipinski definition) is 1. The van der Waals surface area contributed by atoms with E-state index in [1.165, 1.54) is 6.07 Å². The van der Waals surface area contributed by atoms with Gasteiger partial charge in [-0.25, -0.2) is 9.18 Å². The molecular formula is C26H29ClF4N2O4. The van der Waals surface area contributed by atoms with Crippen molar-refractivity contribution < 1.29 is 37.0 Å². The Morgan fingerprint density at radius 2 is 1.68 bits per heavy atom. The molecular weight excluding hydrogens is 516 g/mol. The van der Waals surface area contributed by atoms with Gasteiger partial charge in [0.05, 0.1) is 0 Å². The molecule has 1 unspecified atom stereocenters. The summed E-state index contributed by atoms with van der Waals surface area (Å²) in [5.74, 6) is -2.31. The van der Waals surface area contributed by atoms with Crippen LogP contribution >= 0.6 is 11.6 Å². The first kappa shape index (κ1) is 28.7. The number of carbonyl (C=O) groups is 2. The molecule has 2 aromatic carbocycles. The summed E-state index contributed by atoms with van der Waals surface area (Å²) in [6.07, 6.45) is 0.208. The van der Waals surface area contributed by atoms with Gasteiger partial charge in [-0.05, 0) is 74.5 Å². The molecule has 2 aliphatic rings. The molecule has 1 spiro atoms. The van der Waals surface area contributed by atoms with Gasteiger partial charge >= 0.3 is 12.1 Å². The molecule has 0 radical (unpaired) electrons. The van der Waals surface area contributed by atoms with E-state index >= 15 is 0 Å². The molecule has 11 heteroatoms. The Balaban J connectivity index is 0.000000479. The number of alkyl halides is 3. The molecule has 0 aromatic heterocycles. The third-order valence-corrected chi connectivity index (χ3v) is 6.91. The van der Waals surface area contributed by atoms with E-state index in [4.69, 9.17) is 26.2 Å². The van der Waals surface area contributed by atoms with Crippen molar-refractivity contribution in [2.24, 2.45) is 0 Å². The van der Waals surface area contributed by atoms with Crippen LogP contribution in [-0.4, -0.2) is 64.7 Å². The number of likely N-dealkylation sites (tertiary alicyclic amines) is 2. The van der Waals surface area contributed by atoms with E-state index < -0.39 is 12.1 Å². The van der Waals surface area contributed by atoms with Crippen molar-refractivity contribution in [2.45, 2.75) is 50.4 Å². The molecule has 1 N–H and O–H groups in total. The molecule has 4 rings (SSSR count). The number of amides is 1.